The highest BCUT2D eigenvalue weighted by atomic mass is 15.1. The monoisotopic (exact) mass is 970 g/mol. The van der Waals surface area contributed by atoms with Crippen molar-refractivity contribution in [1.82, 2.24) is 34.1 Å². The lowest BCUT2D eigenvalue weighted by Crippen LogP contribution is -2.04. The zero-order chi connectivity index (χ0) is 50.5. The van der Waals surface area contributed by atoms with Crippen LogP contribution < -0.4 is 0 Å². The Morgan fingerprint density at radius 2 is 0.737 bits per heavy atom. The molecule has 0 unspecified atom stereocenters. The molecule has 0 aliphatic heterocycles. The minimum atomic E-state index is 0.464. The summed E-state index contributed by atoms with van der Waals surface area (Å²) >= 11 is 0. The fraction of sp³-hybridized carbons (Fsp3) is 0. The van der Waals surface area contributed by atoms with Gasteiger partial charge in [0.2, 0.25) is 0 Å². The van der Waals surface area contributed by atoms with Crippen molar-refractivity contribution in [3.63, 3.8) is 0 Å². The van der Waals surface area contributed by atoms with Crippen molar-refractivity contribution in [2.45, 2.75) is 0 Å². The molecular weight excluding hydrogens is 929 g/mol. The molecule has 0 spiro atoms. The smallest absolute Gasteiger partial charge is 0.166 e. The average molecular weight is 971 g/mol. The second-order valence-corrected chi connectivity index (χ2v) is 18.8. The minimum absolute atomic E-state index is 0.464. The van der Waals surface area contributed by atoms with E-state index in [1.54, 1.807) is 0 Å². The van der Waals surface area contributed by atoms with E-state index >= 15 is 0 Å². The Bertz CT molecular complexity index is 4410. The maximum atomic E-state index is 10.4. The molecule has 10 aromatic carbocycles. The third-order valence-electron chi connectivity index (χ3n) is 14.2. The van der Waals surface area contributed by atoms with Crippen LogP contribution in [-0.2, 0) is 0 Å². The number of nitriles is 1. The van der Waals surface area contributed by atoms with Gasteiger partial charge in [-0.05, 0) is 83.9 Å². The van der Waals surface area contributed by atoms with E-state index in [0.717, 1.165) is 94.5 Å². The molecule has 0 amide bonds. The second kappa shape index (κ2) is 18.5. The van der Waals surface area contributed by atoms with Crippen LogP contribution in [0.2, 0.25) is 0 Å². The number of benzene rings is 10. The van der Waals surface area contributed by atoms with Crippen molar-refractivity contribution in [1.29, 1.82) is 5.26 Å². The third kappa shape index (κ3) is 7.75. The molecular formula is C68H42N8. The van der Waals surface area contributed by atoms with E-state index in [0.29, 0.717) is 34.4 Å². The molecule has 0 atom stereocenters. The van der Waals surface area contributed by atoms with Crippen LogP contribution >= 0.6 is 0 Å². The maximum Gasteiger partial charge on any atom is 0.166 e. The molecule has 76 heavy (non-hydrogen) atoms. The quantitative estimate of drug-likeness (QED) is 0.143. The Morgan fingerprint density at radius 3 is 1.29 bits per heavy atom. The van der Waals surface area contributed by atoms with Crippen molar-refractivity contribution in [2.24, 2.45) is 0 Å². The minimum Gasteiger partial charge on any atom is -0.309 e. The standard InChI is InChI=1S/C68H42N8/c69-43-44-33-35-64(57(37-44)68-73-65(47-23-9-3-10-24-47)72-66(74-68)48-25-11-4-12-26-48)76-62-32-18-15-29-55(62)56-41-49(34-36-63(56)76)50-38-51(40-52(39-50)75-60-30-16-13-27-53(60)54-28-14-17-31-61(54)75)67-70-58(45-19-5-1-6-20-45)42-59(71-67)46-21-7-2-8-22-46/h1-42H. The number of hydrogen-bond donors (Lipinski definition) is 0. The zero-order valence-electron chi connectivity index (χ0n) is 40.8. The molecule has 0 saturated carbocycles. The van der Waals surface area contributed by atoms with Gasteiger partial charge in [0.15, 0.2) is 23.3 Å². The molecule has 0 radical (unpaired) electrons. The Balaban J connectivity index is 0.993. The summed E-state index contributed by atoms with van der Waals surface area (Å²) in [6.07, 6.45) is 0. The first-order valence-electron chi connectivity index (χ1n) is 25.2. The van der Waals surface area contributed by atoms with E-state index in [-0.39, 0.29) is 0 Å². The van der Waals surface area contributed by atoms with Crippen LogP contribution in [0.5, 0.6) is 0 Å². The highest BCUT2D eigenvalue weighted by molar-refractivity contribution is 6.12. The summed E-state index contributed by atoms with van der Waals surface area (Å²) in [6.45, 7) is 0. The van der Waals surface area contributed by atoms with Gasteiger partial charge < -0.3 is 9.13 Å². The summed E-state index contributed by atoms with van der Waals surface area (Å²) in [7, 11) is 0. The molecule has 14 rings (SSSR count). The summed E-state index contributed by atoms with van der Waals surface area (Å²) in [5, 5.41) is 14.9. The van der Waals surface area contributed by atoms with Crippen LogP contribution in [-0.4, -0.2) is 34.1 Å². The van der Waals surface area contributed by atoms with Crippen molar-refractivity contribution in [3.05, 3.63) is 260 Å². The van der Waals surface area contributed by atoms with Gasteiger partial charge in [-0.2, -0.15) is 5.26 Å². The van der Waals surface area contributed by atoms with Gasteiger partial charge in [0.25, 0.3) is 0 Å². The Labute approximate surface area is 437 Å². The highest BCUT2D eigenvalue weighted by Crippen LogP contribution is 2.41. The van der Waals surface area contributed by atoms with Gasteiger partial charge in [-0.15, -0.1) is 0 Å². The molecule has 14 aromatic rings. The molecule has 8 heteroatoms. The average Bonchev–Trinajstić information content (AvgIpc) is 4.04. The first-order valence-corrected chi connectivity index (χ1v) is 25.2. The first kappa shape index (κ1) is 44.1. The lowest BCUT2D eigenvalue weighted by atomic mass is 9.99. The predicted octanol–water partition coefficient (Wildman–Crippen LogP) is 16.4. The van der Waals surface area contributed by atoms with Crippen molar-refractivity contribution >= 4 is 43.6 Å². The van der Waals surface area contributed by atoms with E-state index < -0.39 is 0 Å². The van der Waals surface area contributed by atoms with Crippen LogP contribution in [0.15, 0.2) is 255 Å². The molecule has 0 aliphatic carbocycles. The summed E-state index contributed by atoms with van der Waals surface area (Å²) in [5.41, 5.74) is 15.6. The fourth-order valence-corrected chi connectivity index (χ4v) is 10.6. The van der Waals surface area contributed by atoms with Crippen LogP contribution in [0.3, 0.4) is 0 Å². The Hall–Kier alpha value is -10.6. The van der Waals surface area contributed by atoms with Gasteiger partial charge in [0.05, 0.1) is 50.8 Å². The molecule has 0 bridgehead atoms. The summed E-state index contributed by atoms with van der Waals surface area (Å²) in [6, 6.07) is 89.9. The van der Waals surface area contributed by atoms with Gasteiger partial charge in [-0.1, -0.05) is 182 Å². The lowest BCUT2D eigenvalue weighted by Gasteiger charge is -2.16. The van der Waals surface area contributed by atoms with Crippen LogP contribution in [0.1, 0.15) is 5.56 Å². The van der Waals surface area contributed by atoms with Gasteiger partial charge in [-0.25, -0.2) is 24.9 Å². The van der Waals surface area contributed by atoms with Gasteiger partial charge in [0, 0.05) is 60.6 Å². The van der Waals surface area contributed by atoms with Gasteiger partial charge >= 0.3 is 0 Å². The maximum absolute atomic E-state index is 10.4. The first-order chi connectivity index (χ1) is 37.6. The molecule has 0 N–H and O–H groups in total. The van der Waals surface area contributed by atoms with Crippen LogP contribution in [0, 0.1) is 11.3 Å². The topological polar surface area (TPSA) is 98.1 Å². The van der Waals surface area contributed by atoms with Gasteiger partial charge in [0.1, 0.15) is 0 Å². The lowest BCUT2D eigenvalue weighted by molar-refractivity contribution is 1.06. The Kier molecular flexibility index (Phi) is 10.7. The van der Waals surface area contributed by atoms with E-state index in [1.807, 2.05) is 115 Å². The number of aromatic nitrogens is 7. The molecule has 354 valence electrons. The third-order valence-corrected chi connectivity index (χ3v) is 14.2. The summed E-state index contributed by atoms with van der Waals surface area (Å²) < 4.78 is 4.63. The van der Waals surface area contributed by atoms with E-state index in [9.17, 15) is 5.26 Å². The SMILES string of the molecule is N#Cc1ccc(-n2c3ccccc3c3cc(-c4cc(-c5nc(-c6ccccc6)cc(-c6ccccc6)n5)cc(-n5c6ccccc6c6ccccc65)c4)ccc32)c(-c2nc(-c3ccccc3)nc(-c3ccccc3)n2)c1. The molecule has 0 saturated heterocycles. The van der Waals surface area contributed by atoms with E-state index in [4.69, 9.17) is 24.9 Å². The van der Waals surface area contributed by atoms with Crippen LogP contribution in [0.4, 0.5) is 0 Å². The number of hydrogen-bond acceptors (Lipinski definition) is 6. The number of rotatable bonds is 9. The zero-order valence-corrected chi connectivity index (χ0v) is 40.8. The molecule has 0 fully saturated rings. The molecule has 0 aliphatic rings. The number of fused-ring (bicyclic) bond motifs is 6. The molecule has 4 heterocycles. The second-order valence-electron chi connectivity index (χ2n) is 18.8. The largest absolute Gasteiger partial charge is 0.309 e. The van der Waals surface area contributed by atoms with E-state index in [2.05, 4.69) is 155 Å². The number of para-hydroxylation sites is 3. The van der Waals surface area contributed by atoms with Crippen molar-refractivity contribution < 1.29 is 0 Å². The molecule has 4 aromatic heterocycles. The van der Waals surface area contributed by atoms with Crippen molar-refractivity contribution in [2.75, 3.05) is 0 Å². The van der Waals surface area contributed by atoms with Crippen LogP contribution in [0.25, 0.3) is 134 Å². The summed E-state index contributed by atoms with van der Waals surface area (Å²) in [4.78, 5) is 26.0. The summed E-state index contributed by atoms with van der Waals surface area (Å²) in [5.74, 6) is 2.17. The Morgan fingerprint density at radius 1 is 0.289 bits per heavy atom. The van der Waals surface area contributed by atoms with Gasteiger partial charge in [-0.3, -0.25) is 0 Å². The van der Waals surface area contributed by atoms with E-state index in [1.165, 1.54) is 10.8 Å². The predicted molar refractivity (Wildman–Crippen MR) is 307 cm³/mol. The van der Waals surface area contributed by atoms with Crippen molar-refractivity contribution in [3.8, 4) is 96.6 Å². The highest BCUT2D eigenvalue weighted by Gasteiger charge is 2.22. The normalized spacial score (nSPS) is 11.4. The molecule has 8 nitrogen and oxygen atoms in total. The fourth-order valence-electron chi connectivity index (χ4n) is 10.6. The number of nitrogens with zero attached hydrogens (tertiary/aromatic N) is 8.